The summed E-state index contributed by atoms with van der Waals surface area (Å²) in [6.07, 6.45) is 2.21. The maximum atomic E-state index is 6.29. The van der Waals surface area contributed by atoms with Crippen LogP contribution in [0.15, 0.2) is 24.3 Å². The zero-order valence-corrected chi connectivity index (χ0v) is 19.9. The summed E-state index contributed by atoms with van der Waals surface area (Å²) in [5, 5.41) is 0. The molecule has 0 saturated carbocycles. The lowest BCUT2D eigenvalue weighted by Crippen LogP contribution is -2.53. The normalized spacial score (nSPS) is 24.8. The van der Waals surface area contributed by atoms with E-state index in [0.29, 0.717) is 6.61 Å². The molecule has 0 aliphatic carbocycles. The van der Waals surface area contributed by atoms with Gasteiger partial charge in [0, 0.05) is 0 Å². The minimum absolute atomic E-state index is 0.270. The Labute approximate surface area is 162 Å². The number of ether oxygens (including phenoxy) is 2. The van der Waals surface area contributed by atoms with Crippen LogP contribution in [0.3, 0.4) is 0 Å². The van der Waals surface area contributed by atoms with Crippen LogP contribution in [0.5, 0.6) is 5.75 Å². The molecule has 1 atom stereocenters. The number of hydrogen-bond acceptors (Lipinski definition) is 6. The number of aryl methyl sites for hydroxylation is 1. The second-order valence-corrected chi connectivity index (χ2v) is 15.7. The highest BCUT2D eigenvalue weighted by Gasteiger charge is 2.40. The summed E-state index contributed by atoms with van der Waals surface area (Å²) >= 11 is 0. The zero-order valence-electron chi connectivity index (χ0n) is 15.9. The third-order valence-electron chi connectivity index (χ3n) is 4.17. The molecule has 3 rings (SSSR count). The Morgan fingerprint density at radius 2 is 1.73 bits per heavy atom. The molecule has 2 aliphatic rings. The molecule has 143 valence electrons. The Morgan fingerprint density at radius 1 is 1.08 bits per heavy atom. The summed E-state index contributed by atoms with van der Waals surface area (Å²) < 4.78 is 35.5. The predicted molar refractivity (Wildman–Crippen MR) is 106 cm³/mol. The van der Waals surface area contributed by atoms with Gasteiger partial charge in [-0.3, -0.25) is 0 Å². The van der Waals surface area contributed by atoms with Crippen molar-refractivity contribution in [2.75, 3.05) is 13.2 Å². The second-order valence-electron chi connectivity index (χ2n) is 6.74. The molecule has 3 radical (unpaired) electrons. The van der Waals surface area contributed by atoms with E-state index in [0.717, 1.165) is 31.2 Å². The first-order valence-corrected chi connectivity index (χ1v) is 17.0. The first kappa shape index (κ1) is 20.4. The van der Waals surface area contributed by atoms with E-state index in [1.165, 1.54) is 5.56 Å². The van der Waals surface area contributed by atoms with Gasteiger partial charge in [-0.25, -0.2) is 0 Å². The highest BCUT2D eigenvalue weighted by atomic mass is 28.5. The van der Waals surface area contributed by atoms with E-state index in [4.69, 9.17) is 25.9 Å². The number of epoxide rings is 1. The molecule has 0 bridgehead atoms. The van der Waals surface area contributed by atoms with E-state index in [1.54, 1.807) is 0 Å². The van der Waals surface area contributed by atoms with E-state index < -0.39 is 36.4 Å². The van der Waals surface area contributed by atoms with Gasteiger partial charge in [0.2, 0.25) is 0 Å². The van der Waals surface area contributed by atoms with Crippen molar-refractivity contribution < 1.29 is 25.9 Å². The molecule has 26 heavy (non-hydrogen) atoms. The average Bonchev–Trinajstić information content (AvgIpc) is 3.36. The molecule has 2 fully saturated rings. The van der Waals surface area contributed by atoms with Gasteiger partial charge in [0.15, 0.2) is 0 Å². The summed E-state index contributed by atoms with van der Waals surface area (Å²) in [5.74, 6) is 0.958. The van der Waals surface area contributed by atoms with E-state index in [-0.39, 0.29) is 6.10 Å². The fraction of sp³-hybridized carbons (Fsp3) is 0.625. The van der Waals surface area contributed by atoms with Crippen molar-refractivity contribution in [3.05, 3.63) is 29.8 Å². The van der Waals surface area contributed by atoms with Gasteiger partial charge in [0.25, 0.3) is 0 Å². The minimum Gasteiger partial charge on any atom is -0.491 e. The Hall–Kier alpha value is -0.312. The average molecular weight is 428 g/mol. The van der Waals surface area contributed by atoms with Gasteiger partial charge in [0.05, 0.1) is 6.61 Å². The molecule has 1 aromatic rings. The molecule has 6 nitrogen and oxygen atoms in total. The standard InChI is InChI=1S/C16H27O6Si4/c1-23-19-24(2)21-26(4,22-25(3)20-23)11-7-9-14-8-5-6-10-16(14)18-13-15-12-17-15/h5-6,8,10,15H,7,9,11-13H2,1-4H3. The fourth-order valence-electron chi connectivity index (χ4n) is 3.00. The van der Waals surface area contributed by atoms with Crippen LogP contribution in [0.2, 0.25) is 32.2 Å². The van der Waals surface area contributed by atoms with Crippen LogP contribution in [-0.4, -0.2) is 55.7 Å². The maximum absolute atomic E-state index is 6.29. The first-order valence-electron chi connectivity index (χ1n) is 9.00. The van der Waals surface area contributed by atoms with Crippen molar-refractivity contribution in [1.82, 2.24) is 0 Å². The molecule has 0 amide bonds. The van der Waals surface area contributed by atoms with E-state index >= 15 is 0 Å². The van der Waals surface area contributed by atoms with Gasteiger partial charge in [-0.15, -0.1) is 0 Å². The number of rotatable bonds is 7. The summed E-state index contributed by atoms with van der Waals surface area (Å²) in [6.45, 7) is 9.67. The van der Waals surface area contributed by atoms with E-state index in [1.807, 2.05) is 31.8 Å². The number of para-hydroxylation sites is 1. The highest BCUT2D eigenvalue weighted by Crippen LogP contribution is 2.26. The Kier molecular flexibility index (Phi) is 7.27. The molecule has 0 aromatic heterocycles. The highest BCUT2D eigenvalue weighted by molar-refractivity contribution is 6.81. The first-order chi connectivity index (χ1) is 12.4. The van der Waals surface area contributed by atoms with Crippen LogP contribution in [-0.2, 0) is 27.6 Å². The summed E-state index contributed by atoms with van der Waals surface area (Å²) in [4.78, 5) is 0. The van der Waals surface area contributed by atoms with Crippen LogP contribution < -0.4 is 4.74 Å². The van der Waals surface area contributed by atoms with Crippen molar-refractivity contribution in [3.8, 4) is 5.75 Å². The molecule has 2 aliphatic heterocycles. The maximum Gasteiger partial charge on any atom is 0.362 e. The SMILES string of the molecule is C[Si]1O[Si](C)O[Si](C)(CCCc2ccccc2OCC2CO2)O[Si](C)O1. The second kappa shape index (κ2) is 9.25. The quantitative estimate of drug-likeness (QED) is 0.493. The van der Waals surface area contributed by atoms with Gasteiger partial charge in [0.1, 0.15) is 18.5 Å². The lowest BCUT2D eigenvalue weighted by Gasteiger charge is -2.35. The molecule has 0 spiro atoms. The van der Waals surface area contributed by atoms with Crippen LogP contribution in [0.1, 0.15) is 12.0 Å². The lowest BCUT2D eigenvalue weighted by molar-refractivity contribution is 0.260. The van der Waals surface area contributed by atoms with Gasteiger partial charge in [-0.2, -0.15) is 0 Å². The predicted octanol–water partition coefficient (Wildman–Crippen LogP) is 2.90. The molecule has 0 N–H and O–H groups in total. The van der Waals surface area contributed by atoms with Gasteiger partial charge >= 0.3 is 36.4 Å². The van der Waals surface area contributed by atoms with E-state index in [2.05, 4.69) is 18.7 Å². The van der Waals surface area contributed by atoms with Crippen molar-refractivity contribution in [2.45, 2.75) is 51.2 Å². The number of benzene rings is 1. The smallest absolute Gasteiger partial charge is 0.362 e. The molecule has 1 aromatic carbocycles. The largest absolute Gasteiger partial charge is 0.491 e. The van der Waals surface area contributed by atoms with Crippen LogP contribution in [0, 0.1) is 0 Å². The van der Waals surface area contributed by atoms with Crippen LogP contribution in [0.4, 0.5) is 0 Å². The van der Waals surface area contributed by atoms with Crippen molar-refractivity contribution in [1.29, 1.82) is 0 Å². The minimum atomic E-state index is -2.28. The van der Waals surface area contributed by atoms with Crippen LogP contribution in [0.25, 0.3) is 0 Å². The topological polar surface area (TPSA) is 58.7 Å². The molecule has 1 unspecified atom stereocenters. The fourth-order valence-corrected chi connectivity index (χ4v) is 14.9. The van der Waals surface area contributed by atoms with E-state index in [9.17, 15) is 0 Å². The molecular weight excluding hydrogens is 401 g/mol. The Balaban J connectivity index is 1.54. The Bertz CT molecular complexity index is 574. The molecular formula is C16H27O6Si4. The lowest BCUT2D eigenvalue weighted by atomic mass is 10.1. The zero-order chi connectivity index (χ0) is 18.6. The van der Waals surface area contributed by atoms with Crippen molar-refractivity contribution in [2.24, 2.45) is 0 Å². The van der Waals surface area contributed by atoms with Crippen LogP contribution >= 0.6 is 0 Å². The Morgan fingerprint density at radius 3 is 2.38 bits per heavy atom. The summed E-state index contributed by atoms with van der Waals surface area (Å²) in [5.41, 5.74) is 1.23. The van der Waals surface area contributed by atoms with Gasteiger partial charge in [-0.05, 0) is 56.7 Å². The summed E-state index contributed by atoms with van der Waals surface area (Å²) in [7, 11) is -6.13. The van der Waals surface area contributed by atoms with Crippen molar-refractivity contribution >= 4 is 36.4 Å². The molecule has 2 saturated heterocycles. The van der Waals surface area contributed by atoms with Gasteiger partial charge in [-0.1, -0.05) is 18.2 Å². The van der Waals surface area contributed by atoms with Crippen molar-refractivity contribution in [3.63, 3.8) is 0 Å². The molecule has 2 heterocycles. The third-order valence-corrected chi connectivity index (χ3v) is 15.8. The monoisotopic (exact) mass is 427 g/mol. The molecule has 10 heteroatoms. The summed E-state index contributed by atoms with van der Waals surface area (Å²) in [6, 6.07) is 9.17. The van der Waals surface area contributed by atoms with Gasteiger partial charge < -0.3 is 25.9 Å². The third kappa shape index (κ3) is 6.39. The number of hydrogen-bond donors (Lipinski definition) is 0.